The molecule has 0 heterocycles. The van der Waals surface area contributed by atoms with Gasteiger partial charge in [-0.2, -0.15) is 0 Å². The fourth-order valence-electron chi connectivity index (χ4n) is 2.18. The van der Waals surface area contributed by atoms with Crippen LogP contribution in [0.5, 0.6) is 0 Å². The van der Waals surface area contributed by atoms with E-state index in [0.29, 0.717) is 0 Å². The Morgan fingerprint density at radius 3 is 0.889 bits per heavy atom. The Hall–Kier alpha value is -2.10. The molecule has 4 N–H and O–H groups in total. The van der Waals surface area contributed by atoms with Gasteiger partial charge < -0.3 is 21.3 Å². The first-order valence-corrected chi connectivity index (χ1v) is 6.06. The minimum absolute atomic E-state index is 1.10. The normalized spacial score (nSPS) is 10.2. The zero-order valence-electron chi connectivity index (χ0n) is 11.3. The molecule has 0 saturated heterocycles. The summed E-state index contributed by atoms with van der Waals surface area (Å²) in [4.78, 5) is 0. The molecule has 0 bridgehead atoms. The van der Waals surface area contributed by atoms with Crippen LogP contribution in [0.25, 0.3) is 10.8 Å². The summed E-state index contributed by atoms with van der Waals surface area (Å²) in [5.41, 5.74) is 4.40. The Labute approximate surface area is 108 Å². The third-order valence-corrected chi connectivity index (χ3v) is 3.19. The van der Waals surface area contributed by atoms with E-state index in [1.54, 1.807) is 0 Å². The maximum Gasteiger partial charge on any atom is 0.0579 e. The van der Waals surface area contributed by atoms with Crippen molar-refractivity contribution in [3.05, 3.63) is 24.3 Å². The van der Waals surface area contributed by atoms with Gasteiger partial charge in [-0.05, 0) is 35.0 Å². The van der Waals surface area contributed by atoms with E-state index in [1.807, 2.05) is 28.2 Å². The van der Waals surface area contributed by atoms with Crippen molar-refractivity contribution in [3.63, 3.8) is 0 Å². The Bertz CT molecular complexity index is 466. The van der Waals surface area contributed by atoms with Crippen molar-refractivity contribution in [2.45, 2.75) is 0 Å². The summed E-state index contributed by atoms with van der Waals surface area (Å²) in [6.45, 7) is 0. The highest BCUT2D eigenvalue weighted by atomic mass is 14.9. The first kappa shape index (κ1) is 12.4. The number of anilines is 4. The van der Waals surface area contributed by atoms with Gasteiger partial charge in [-0.1, -0.05) is 0 Å². The quantitative estimate of drug-likeness (QED) is 0.668. The molecule has 0 aliphatic rings. The Kier molecular flexibility index (Phi) is 3.46. The number of hydrogen-bond donors (Lipinski definition) is 4. The molecular formula is C14H20N4. The first-order valence-electron chi connectivity index (χ1n) is 6.06. The third kappa shape index (κ3) is 2.01. The zero-order chi connectivity index (χ0) is 13.1. The number of nitrogens with one attached hydrogen (secondary N) is 4. The van der Waals surface area contributed by atoms with E-state index >= 15 is 0 Å². The topological polar surface area (TPSA) is 48.1 Å². The molecule has 4 nitrogen and oxygen atoms in total. The lowest BCUT2D eigenvalue weighted by atomic mass is 10.1. The number of rotatable bonds is 4. The van der Waals surface area contributed by atoms with Crippen LogP contribution < -0.4 is 21.3 Å². The van der Waals surface area contributed by atoms with Crippen molar-refractivity contribution in [1.82, 2.24) is 0 Å². The Balaban J connectivity index is 2.69. The second-order valence-corrected chi connectivity index (χ2v) is 4.14. The van der Waals surface area contributed by atoms with Crippen molar-refractivity contribution in [2.24, 2.45) is 0 Å². The highest BCUT2D eigenvalue weighted by Crippen LogP contribution is 2.33. The van der Waals surface area contributed by atoms with Crippen LogP contribution in [0.4, 0.5) is 22.7 Å². The number of benzene rings is 2. The first-order chi connectivity index (χ1) is 8.73. The molecule has 0 radical (unpaired) electrons. The van der Waals surface area contributed by atoms with E-state index in [0.717, 1.165) is 22.7 Å². The van der Waals surface area contributed by atoms with Crippen LogP contribution >= 0.6 is 0 Å². The molecule has 4 heteroatoms. The van der Waals surface area contributed by atoms with Crippen LogP contribution in [-0.4, -0.2) is 28.2 Å². The van der Waals surface area contributed by atoms with Crippen LogP contribution in [0.3, 0.4) is 0 Å². The van der Waals surface area contributed by atoms with Gasteiger partial charge in [-0.25, -0.2) is 0 Å². The monoisotopic (exact) mass is 244 g/mol. The molecule has 0 aliphatic heterocycles. The molecule has 18 heavy (non-hydrogen) atoms. The van der Waals surface area contributed by atoms with Crippen LogP contribution in [0.1, 0.15) is 0 Å². The smallest absolute Gasteiger partial charge is 0.0579 e. The van der Waals surface area contributed by atoms with Gasteiger partial charge in [0.25, 0.3) is 0 Å². The van der Waals surface area contributed by atoms with Gasteiger partial charge in [0.05, 0.1) is 22.7 Å². The standard InChI is InChI=1S/C14H20N4/c1-15-11-5-9-7-13(17-3)14(18-4)8-10(9)6-12(11)16-2/h5-8,15-18H,1-4H3. The molecule has 0 fully saturated rings. The zero-order valence-corrected chi connectivity index (χ0v) is 11.3. The summed E-state index contributed by atoms with van der Waals surface area (Å²) in [7, 11) is 7.73. The molecule has 0 aliphatic carbocycles. The van der Waals surface area contributed by atoms with E-state index in [1.165, 1.54) is 10.8 Å². The Morgan fingerprint density at radius 2 is 0.722 bits per heavy atom. The predicted molar refractivity (Wildman–Crippen MR) is 82.1 cm³/mol. The maximum absolute atomic E-state index is 3.21. The van der Waals surface area contributed by atoms with E-state index < -0.39 is 0 Å². The fourth-order valence-corrected chi connectivity index (χ4v) is 2.18. The lowest BCUT2D eigenvalue weighted by Crippen LogP contribution is -1.99. The highest BCUT2D eigenvalue weighted by molar-refractivity contribution is 5.97. The molecule has 2 rings (SSSR count). The molecule has 96 valence electrons. The summed E-state index contributed by atoms with van der Waals surface area (Å²) in [5.74, 6) is 0. The molecule has 2 aromatic carbocycles. The van der Waals surface area contributed by atoms with Gasteiger partial charge in [-0.15, -0.1) is 0 Å². The fraction of sp³-hybridized carbons (Fsp3) is 0.286. The average molecular weight is 244 g/mol. The van der Waals surface area contributed by atoms with Crippen molar-refractivity contribution in [1.29, 1.82) is 0 Å². The number of hydrogen-bond acceptors (Lipinski definition) is 4. The third-order valence-electron chi connectivity index (χ3n) is 3.19. The van der Waals surface area contributed by atoms with Crippen molar-refractivity contribution in [3.8, 4) is 0 Å². The summed E-state index contributed by atoms with van der Waals surface area (Å²) in [6.07, 6.45) is 0. The largest absolute Gasteiger partial charge is 0.386 e. The molecule has 0 amide bonds. The molecule has 0 saturated carbocycles. The molecule has 0 spiro atoms. The van der Waals surface area contributed by atoms with Gasteiger partial charge >= 0.3 is 0 Å². The highest BCUT2D eigenvalue weighted by Gasteiger charge is 2.06. The summed E-state index contributed by atoms with van der Waals surface area (Å²) in [5, 5.41) is 15.2. The average Bonchev–Trinajstić information content (AvgIpc) is 2.43. The molecular weight excluding hydrogens is 224 g/mol. The SMILES string of the molecule is CNc1cc2cc(NC)c(NC)cc2cc1NC. The van der Waals surface area contributed by atoms with Gasteiger partial charge in [-0.3, -0.25) is 0 Å². The van der Waals surface area contributed by atoms with Gasteiger partial charge in [0.1, 0.15) is 0 Å². The molecule has 0 aromatic heterocycles. The van der Waals surface area contributed by atoms with Crippen molar-refractivity contribution in [2.75, 3.05) is 49.5 Å². The Morgan fingerprint density at radius 1 is 0.500 bits per heavy atom. The molecule has 0 atom stereocenters. The van der Waals surface area contributed by atoms with Crippen molar-refractivity contribution >= 4 is 33.5 Å². The van der Waals surface area contributed by atoms with Gasteiger partial charge in [0.2, 0.25) is 0 Å². The molecule has 2 aromatic rings. The minimum atomic E-state index is 1.10. The minimum Gasteiger partial charge on any atom is -0.386 e. The summed E-state index contributed by atoms with van der Waals surface area (Å²) >= 11 is 0. The van der Waals surface area contributed by atoms with E-state index in [-0.39, 0.29) is 0 Å². The van der Waals surface area contributed by atoms with Crippen LogP contribution in [-0.2, 0) is 0 Å². The molecule has 0 unspecified atom stereocenters. The van der Waals surface area contributed by atoms with Crippen molar-refractivity contribution < 1.29 is 0 Å². The summed E-state index contributed by atoms with van der Waals surface area (Å²) in [6, 6.07) is 8.62. The van der Waals surface area contributed by atoms with E-state index in [9.17, 15) is 0 Å². The lowest BCUT2D eigenvalue weighted by Gasteiger charge is -2.14. The van der Waals surface area contributed by atoms with Crippen LogP contribution in [0, 0.1) is 0 Å². The van der Waals surface area contributed by atoms with Crippen LogP contribution in [0.15, 0.2) is 24.3 Å². The number of fused-ring (bicyclic) bond motifs is 1. The predicted octanol–water partition coefficient (Wildman–Crippen LogP) is 3.01. The lowest BCUT2D eigenvalue weighted by molar-refractivity contribution is 1.45. The maximum atomic E-state index is 3.21. The van der Waals surface area contributed by atoms with Gasteiger partial charge in [0, 0.05) is 28.2 Å². The van der Waals surface area contributed by atoms with E-state index in [4.69, 9.17) is 0 Å². The van der Waals surface area contributed by atoms with Gasteiger partial charge in [0.15, 0.2) is 0 Å². The second-order valence-electron chi connectivity index (χ2n) is 4.14. The summed E-state index contributed by atoms with van der Waals surface area (Å²) < 4.78 is 0. The van der Waals surface area contributed by atoms with Crippen LogP contribution in [0.2, 0.25) is 0 Å². The van der Waals surface area contributed by atoms with E-state index in [2.05, 4.69) is 45.5 Å². The second kappa shape index (κ2) is 5.04.